The van der Waals surface area contributed by atoms with E-state index in [-0.39, 0.29) is 17.1 Å². The van der Waals surface area contributed by atoms with E-state index in [1.165, 1.54) is 24.3 Å². The summed E-state index contributed by atoms with van der Waals surface area (Å²) >= 11 is 0. The second-order valence-corrected chi connectivity index (χ2v) is 5.14. The fraction of sp³-hybridized carbons (Fsp3) is 0.188. The summed E-state index contributed by atoms with van der Waals surface area (Å²) in [5.41, 5.74) is 0.604. The lowest BCUT2D eigenvalue weighted by molar-refractivity contribution is -0.385. The van der Waals surface area contributed by atoms with Gasteiger partial charge in [-0.1, -0.05) is 6.07 Å². The third kappa shape index (κ3) is 5.65. The lowest BCUT2D eigenvalue weighted by Gasteiger charge is -2.10. The van der Waals surface area contributed by atoms with Gasteiger partial charge < -0.3 is 14.8 Å². The molecule has 0 radical (unpaired) electrons. The second kappa shape index (κ2) is 7.72. The molecule has 2 aromatic carbocycles. The molecule has 0 aliphatic carbocycles. The first-order chi connectivity index (χ1) is 12.1. The Kier molecular flexibility index (Phi) is 5.65. The number of carbonyl (C=O) groups excluding carboxylic acids is 1. The molecule has 2 aromatic rings. The Morgan fingerprint density at radius 3 is 2.42 bits per heavy atom. The molecular weight excluding hydrogens is 357 g/mol. The molecule has 0 heterocycles. The Morgan fingerprint density at radius 2 is 1.85 bits per heavy atom. The molecule has 2 rings (SSSR count). The van der Waals surface area contributed by atoms with E-state index >= 15 is 0 Å². The van der Waals surface area contributed by atoms with Crippen LogP contribution in [0.2, 0.25) is 0 Å². The van der Waals surface area contributed by atoms with Crippen molar-refractivity contribution >= 4 is 17.3 Å². The van der Waals surface area contributed by atoms with Gasteiger partial charge in [0.15, 0.2) is 12.4 Å². The summed E-state index contributed by atoms with van der Waals surface area (Å²) in [6.45, 7) is 1.17. The molecule has 10 heteroatoms. The summed E-state index contributed by atoms with van der Waals surface area (Å²) in [5, 5.41) is 13.4. The van der Waals surface area contributed by atoms with Crippen LogP contribution in [0.25, 0.3) is 0 Å². The highest BCUT2D eigenvalue weighted by Gasteiger charge is 2.30. The molecule has 26 heavy (non-hydrogen) atoms. The minimum atomic E-state index is -4.80. The van der Waals surface area contributed by atoms with E-state index in [0.29, 0.717) is 5.56 Å². The van der Waals surface area contributed by atoms with Gasteiger partial charge in [0.2, 0.25) is 0 Å². The number of hydrogen-bond donors (Lipinski definition) is 1. The predicted molar refractivity (Wildman–Crippen MR) is 85.1 cm³/mol. The maximum Gasteiger partial charge on any atom is 0.573 e. The zero-order valence-corrected chi connectivity index (χ0v) is 13.4. The lowest BCUT2D eigenvalue weighted by atomic mass is 10.2. The molecule has 0 saturated carbocycles. The minimum absolute atomic E-state index is 0.0651. The fourth-order valence-corrected chi connectivity index (χ4v) is 1.97. The molecule has 0 saturated heterocycles. The molecule has 0 aromatic heterocycles. The van der Waals surface area contributed by atoms with Gasteiger partial charge >= 0.3 is 12.0 Å². The lowest BCUT2D eigenvalue weighted by Crippen LogP contribution is -2.20. The van der Waals surface area contributed by atoms with E-state index in [4.69, 9.17) is 4.74 Å². The van der Waals surface area contributed by atoms with Crippen LogP contribution in [0, 0.1) is 17.0 Å². The number of benzene rings is 2. The van der Waals surface area contributed by atoms with Gasteiger partial charge in [-0.15, -0.1) is 13.2 Å². The highest BCUT2D eigenvalue weighted by atomic mass is 19.4. The molecular formula is C16H13F3N2O5. The molecule has 138 valence electrons. The molecule has 7 nitrogen and oxygen atoms in total. The molecule has 1 N–H and O–H groups in total. The summed E-state index contributed by atoms with van der Waals surface area (Å²) < 4.78 is 45.1. The first-order valence-corrected chi connectivity index (χ1v) is 7.17. The minimum Gasteiger partial charge on any atom is -0.477 e. The summed E-state index contributed by atoms with van der Waals surface area (Å²) in [5.74, 6) is -1.13. The highest BCUT2D eigenvalue weighted by Crippen LogP contribution is 2.28. The molecule has 0 aliphatic heterocycles. The van der Waals surface area contributed by atoms with Gasteiger partial charge in [0.05, 0.1) is 4.92 Å². The number of ether oxygens (including phenoxy) is 2. The first-order valence-electron chi connectivity index (χ1n) is 7.17. The van der Waals surface area contributed by atoms with Crippen molar-refractivity contribution in [2.45, 2.75) is 13.3 Å². The normalized spacial score (nSPS) is 10.9. The Bertz CT molecular complexity index is 807. The Morgan fingerprint density at radius 1 is 1.19 bits per heavy atom. The van der Waals surface area contributed by atoms with Crippen LogP contribution in [0.3, 0.4) is 0 Å². The van der Waals surface area contributed by atoms with Gasteiger partial charge in [0.1, 0.15) is 5.75 Å². The van der Waals surface area contributed by atoms with Gasteiger partial charge in [-0.2, -0.15) is 0 Å². The maximum absolute atomic E-state index is 12.1. The molecule has 0 spiro atoms. The van der Waals surface area contributed by atoms with E-state index in [2.05, 4.69) is 10.1 Å². The summed E-state index contributed by atoms with van der Waals surface area (Å²) in [7, 11) is 0. The van der Waals surface area contributed by atoms with Crippen molar-refractivity contribution in [3.05, 3.63) is 58.1 Å². The van der Waals surface area contributed by atoms with Crippen molar-refractivity contribution in [1.29, 1.82) is 0 Å². The molecule has 0 atom stereocenters. The number of nitro groups is 1. The van der Waals surface area contributed by atoms with E-state index in [9.17, 15) is 28.1 Å². The van der Waals surface area contributed by atoms with Crippen LogP contribution >= 0.6 is 0 Å². The number of aryl methyl sites for hydroxylation is 1. The van der Waals surface area contributed by atoms with Gasteiger partial charge in [-0.3, -0.25) is 14.9 Å². The number of nitrogens with one attached hydrogen (secondary N) is 1. The van der Waals surface area contributed by atoms with Gasteiger partial charge in [0.25, 0.3) is 5.91 Å². The number of anilines is 1. The monoisotopic (exact) mass is 370 g/mol. The van der Waals surface area contributed by atoms with Crippen LogP contribution in [-0.4, -0.2) is 23.8 Å². The van der Waals surface area contributed by atoms with Crippen molar-refractivity contribution in [1.82, 2.24) is 0 Å². The van der Waals surface area contributed by atoms with Crippen LogP contribution in [0.1, 0.15) is 5.56 Å². The van der Waals surface area contributed by atoms with Crippen molar-refractivity contribution in [3.8, 4) is 11.5 Å². The van der Waals surface area contributed by atoms with Crippen molar-refractivity contribution < 1.29 is 32.4 Å². The number of rotatable bonds is 6. The fourth-order valence-electron chi connectivity index (χ4n) is 1.97. The molecule has 1 amide bonds. The van der Waals surface area contributed by atoms with Crippen LogP contribution < -0.4 is 14.8 Å². The highest BCUT2D eigenvalue weighted by molar-refractivity contribution is 5.91. The number of nitrogens with zero attached hydrogens (tertiary/aromatic N) is 1. The average molecular weight is 370 g/mol. The van der Waals surface area contributed by atoms with E-state index in [0.717, 1.165) is 12.1 Å². The topological polar surface area (TPSA) is 90.7 Å². The average Bonchev–Trinajstić information content (AvgIpc) is 2.54. The predicted octanol–water partition coefficient (Wildman–Crippen LogP) is 3.82. The smallest absolute Gasteiger partial charge is 0.477 e. The van der Waals surface area contributed by atoms with Crippen LogP contribution in [0.5, 0.6) is 11.5 Å². The number of alkyl halides is 3. The maximum atomic E-state index is 12.1. The van der Waals surface area contributed by atoms with Gasteiger partial charge in [-0.05, 0) is 42.8 Å². The van der Waals surface area contributed by atoms with Crippen LogP contribution in [-0.2, 0) is 4.79 Å². The summed E-state index contributed by atoms with van der Waals surface area (Å²) in [4.78, 5) is 22.2. The SMILES string of the molecule is Cc1ccc(OCC(=O)Nc2ccc(OC(F)(F)F)cc2)c([N+](=O)[O-])c1. The van der Waals surface area contributed by atoms with Crippen molar-refractivity contribution in [2.24, 2.45) is 0 Å². The van der Waals surface area contributed by atoms with Crippen LogP contribution in [0.15, 0.2) is 42.5 Å². The summed E-state index contributed by atoms with van der Waals surface area (Å²) in [6, 6.07) is 8.79. The first kappa shape index (κ1) is 19.0. The molecule has 0 unspecified atom stereocenters. The number of hydrogen-bond acceptors (Lipinski definition) is 5. The Hall–Kier alpha value is -3.30. The largest absolute Gasteiger partial charge is 0.573 e. The van der Waals surface area contributed by atoms with Crippen LogP contribution in [0.4, 0.5) is 24.5 Å². The number of amides is 1. The zero-order valence-electron chi connectivity index (χ0n) is 13.4. The third-order valence-electron chi connectivity index (χ3n) is 3.04. The quantitative estimate of drug-likeness (QED) is 0.617. The van der Waals surface area contributed by atoms with E-state index < -0.39 is 29.5 Å². The standard InChI is InChI=1S/C16H13F3N2O5/c1-10-2-7-14(13(8-10)21(23)24)25-9-15(22)20-11-3-5-12(6-4-11)26-16(17,18)19/h2-8H,9H2,1H3,(H,20,22). The second-order valence-electron chi connectivity index (χ2n) is 5.14. The van der Waals surface area contributed by atoms with Crippen molar-refractivity contribution in [3.63, 3.8) is 0 Å². The number of nitro benzene ring substituents is 1. The molecule has 0 aliphatic rings. The van der Waals surface area contributed by atoms with Gasteiger partial charge in [-0.25, -0.2) is 0 Å². The van der Waals surface area contributed by atoms with E-state index in [1.54, 1.807) is 13.0 Å². The Labute approximate surface area is 145 Å². The van der Waals surface area contributed by atoms with Gasteiger partial charge in [0, 0.05) is 11.8 Å². The number of halogens is 3. The molecule has 0 fully saturated rings. The molecule has 0 bridgehead atoms. The Balaban J connectivity index is 1.94. The summed E-state index contributed by atoms with van der Waals surface area (Å²) in [6.07, 6.45) is -4.80. The number of carbonyl (C=O) groups is 1. The zero-order chi connectivity index (χ0) is 19.3. The third-order valence-corrected chi connectivity index (χ3v) is 3.04. The van der Waals surface area contributed by atoms with Crippen molar-refractivity contribution in [2.75, 3.05) is 11.9 Å². The van der Waals surface area contributed by atoms with E-state index in [1.807, 2.05) is 0 Å².